The van der Waals surface area contributed by atoms with Crippen molar-refractivity contribution in [3.63, 3.8) is 0 Å². The Hall–Kier alpha value is -0.420. The van der Waals surface area contributed by atoms with E-state index in [1.807, 2.05) is 13.8 Å². The third kappa shape index (κ3) is 3.57. The third-order valence-electron chi connectivity index (χ3n) is 2.85. The summed E-state index contributed by atoms with van der Waals surface area (Å²) in [5.41, 5.74) is -0.270. The highest BCUT2D eigenvalue weighted by atomic mass is 32.2. The Bertz CT molecular complexity index is 250. The molecule has 1 amide bonds. The van der Waals surface area contributed by atoms with Crippen molar-refractivity contribution in [1.82, 2.24) is 10.6 Å². The van der Waals surface area contributed by atoms with Gasteiger partial charge in [0.15, 0.2) is 0 Å². The zero-order valence-electron chi connectivity index (χ0n) is 9.47. The third-order valence-corrected chi connectivity index (χ3v) is 4.16. The largest absolute Gasteiger partial charge is 0.355 e. The summed E-state index contributed by atoms with van der Waals surface area (Å²) in [6.07, 6.45) is 0.885. The van der Waals surface area contributed by atoms with Gasteiger partial charge in [-0.15, -0.1) is 0 Å². The first-order chi connectivity index (χ1) is 7.08. The van der Waals surface area contributed by atoms with Crippen molar-refractivity contribution >= 4 is 16.7 Å². The number of amides is 1. The van der Waals surface area contributed by atoms with Crippen LogP contribution >= 0.6 is 0 Å². The minimum absolute atomic E-state index is 0.0839. The van der Waals surface area contributed by atoms with Gasteiger partial charge in [0.25, 0.3) is 0 Å². The predicted molar refractivity (Wildman–Crippen MR) is 62.2 cm³/mol. The van der Waals surface area contributed by atoms with Crippen molar-refractivity contribution in [2.45, 2.75) is 20.3 Å². The zero-order valence-corrected chi connectivity index (χ0v) is 10.3. The van der Waals surface area contributed by atoms with Crippen LogP contribution in [0.15, 0.2) is 0 Å². The Balaban J connectivity index is 2.26. The topological polar surface area (TPSA) is 58.2 Å². The molecule has 88 valence electrons. The molecule has 2 atom stereocenters. The van der Waals surface area contributed by atoms with Crippen LogP contribution in [0.4, 0.5) is 0 Å². The van der Waals surface area contributed by atoms with Crippen LogP contribution in [-0.4, -0.2) is 41.3 Å². The lowest BCUT2D eigenvalue weighted by Crippen LogP contribution is -2.41. The average molecular weight is 232 g/mol. The van der Waals surface area contributed by atoms with Gasteiger partial charge in [-0.2, -0.15) is 0 Å². The summed E-state index contributed by atoms with van der Waals surface area (Å²) in [6, 6.07) is 0. The quantitative estimate of drug-likeness (QED) is 0.694. The van der Waals surface area contributed by atoms with Gasteiger partial charge in [-0.1, -0.05) is 6.92 Å². The maximum absolute atomic E-state index is 11.8. The lowest BCUT2D eigenvalue weighted by atomic mass is 9.89. The fraction of sp³-hybridized carbons (Fsp3) is 0.900. The van der Waals surface area contributed by atoms with E-state index >= 15 is 0 Å². The molecule has 0 aromatic rings. The summed E-state index contributed by atoms with van der Waals surface area (Å²) in [6.45, 7) is 6.04. The molecule has 15 heavy (non-hydrogen) atoms. The van der Waals surface area contributed by atoms with E-state index < -0.39 is 10.8 Å². The summed E-state index contributed by atoms with van der Waals surface area (Å²) in [5, 5.41) is 6.04. The van der Waals surface area contributed by atoms with Gasteiger partial charge in [-0.05, 0) is 19.9 Å². The van der Waals surface area contributed by atoms with Gasteiger partial charge in [0.05, 0.1) is 5.41 Å². The molecule has 1 rings (SSSR count). The molecule has 1 fully saturated rings. The summed E-state index contributed by atoms with van der Waals surface area (Å²) >= 11 is 0. The summed E-state index contributed by atoms with van der Waals surface area (Å²) in [4.78, 5) is 11.8. The van der Waals surface area contributed by atoms with Crippen molar-refractivity contribution in [1.29, 1.82) is 0 Å². The van der Waals surface area contributed by atoms with E-state index in [2.05, 4.69) is 10.6 Å². The fourth-order valence-corrected chi connectivity index (χ4v) is 2.27. The first kappa shape index (κ1) is 12.6. The normalized spacial score (nSPS) is 27.6. The Morgan fingerprint density at radius 2 is 2.33 bits per heavy atom. The maximum Gasteiger partial charge on any atom is 0.227 e. The highest BCUT2D eigenvalue weighted by molar-refractivity contribution is 7.84. The van der Waals surface area contributed by atoms with Crippen molar-refractivity contribution in [3.05, 3.63) is 0 Å². The van der Waals surface area contributed by atoms with Crippen LogP contribution in [-0.2, 0) is 15.6 Å². The zero-order chi connectivity index (χ0) is 11.3. The smallest absolute Gasteiger partial charge is 0.227 e. The average Bonchev–Trinajstić information content (AvgIpc) is 2.66. The molecule has 0 spiro atoms. The van der Waals surface area contributed by atoms with Crippen LogP contribution < -0.4 is 10.6 Å². The highest BCUT2D eigenvalue weighted by Gasteiger charge is 2.35. The summed E-state index contributed by atoms with van der Waals surface area (Å²) in [5.74, 6) is 1.31. The molecule has 0 radical (unpaired) electrons. The number of nitrogens with one attached hydrogen (secondary N) is 2. The van der Waals surface area contributed by atoms with Gasteiger partial charge in [-0.3, -0.25) is 9.00 Å². The molecule has 1 aliphatic rings. The van der Waals surface area contributed by atoms with E-state index in [1.165, 1.54) is 0 Å². The van der Waals surface area contributed by atoms with Crippen LogP contribution in [0, 0.1) is 5.41 Å². The number of hydrogen-bond donors (Lipinski definition) is 2. The SMILES string of the molecule is CCS(=O)CCNC(=O)C1(C)CCNC1. The lowest BCUT2D eigenvalue weighted by Gasteiger charge is -2.21. The van der Waals surface area contributed by atoms with Crippen LogP contribution in [0.25, 0.3) is 0 Å². The summed E-state index contributed by atoms with van der Waals surface area (Å²) < 4.78 is 11.1. The van der Waals surface area contributed by atoms with Crippen LogP contribution in [0.5, 0.6) is 0 Å². The molecular formula is C10H20N2O2S. The molecular weight excluding hydrogens is 212 g/mol. The Kier molecular flexibility index (Phi) is 4.73. The van der Waals surface area contributed by atoms with E-state index in [0.717, 1.165) is 19.5 Å². The number of rotatable bonds is 5. The first-order valence-electron chi connectivity index (χ1n) is 5.42. The van der Waals surface area contributed by atoms with Crippen LogP contribution in [0.2, 0.25) is 0 Å². The minimum Gasteiger partial charge on any atom is -0.355 e. The molecule has 5 heteroatoms. The van der Waals surface area contributed by atoms with Crippen molar-refractivity contribution in [3.8, 4) is 0 Å². The van der Waals surface area contributed by atoms with Gasteiger partial charge in [0.2, 0.25) is 5.91 Å². The molecule has 1 saturated heterocycles. The van der Waals surface area contributed by atoms with Gasteiger partial charge < -0.3 is 10.6 Å². The maximum atomic E-state index is 11.8. The number of hydrogen-bond acceptors (Lipinski definition) is 3. The standard InChI is InChI=1S/C10H20N2O2S/c1-3-15(14)7-6-12-9(13)10(2)4-5-11-8-10/h11H,3-8H2,1-2H3,(H,12,13). The van der Waals surface area contributed by atoms with E-state index in [4.69, 9.17) is 0 Å². The highest BCUT2D eigenvalue weighted by Crippen LogP contribution is 2.24. The number of carbonyl (C=O) groups excluding carboxylic acids is 1. The summed E-state index contributed by atoms with van der Waals surface area (Å²) in [7, 11) is -0.789. The first-order valence-corrected chi connectivity index (χ1v) is 6.91. The molecule has 1 aliphatic heterocycles. The Labute approximate surface area is 93.7 Å². The minimum atomic E-state index is -0.789. The Morgan fingerprint density at radius 1 is 1.60 bits per heavy atom. The molecule has 2 N–H and O–H groups in total. The molecule has 0 aromatic carbocycles. The van der Waals surface area contributed by atoms with Crippen molar-refractivity contribution < 1.29 is 9.00 Å². The second-order valence-corrected chi connectivity index (χ2v) is 6.04. The predicted octanol–water partition coefficient (Wildman–Crippen LogP) is -0.129. The molecule has 2 unspecified atom stereocenters. The molecule has 0 aromatic heterocycles. The molecule has 4 nitrogen and oxygen atoms in total. The molecule has 0 aliphatic carbocycles. The van der Waals surface area contributed by atoms with E-state index in [9.17, 15) is 9.00 Å². The van der Waals surface area contributed by atoms with E-state index in [-0.39, 0.29) is 11.3 Å². The molecule has 0 saturated carbocycles. The second-order valence-electron chi connectivity index (χ2n) is 4.18. The van der Waals surface area contributed by atoms with Crippen LogP contribution in [0.3, 0.4) is 0 Å². The van der Waals surface area contributed by atoms with E-state index in [1.54, 1.807) is 0 Å². The van der Waals surface area contributed by atoms with Gasteiger partial charge >= 0.3 is 0 Å². The molecule has 1 heterocycles. The van der Waals surface area contributed by atoms with Gasteiger partial charge in [-0.25, -0.2) is 0 Å². The monoisotopic (exact) mass is 232 g/mol. The van der Waals surface area contributed by atoms with Crippen molar-refractivity contribution in [2.24, 2.45) is 5.41 Å². The van der Waals surface area contributed by atoms with Gasteiger partial charge in [0, 0.05) is 35.4 Å². The van der Waals surface area contributed by atoms with Crippen LogP contribution in [0.1, 0.15) is 20.3 Å². The van der Waals surface area contributed by atoms with Crippen molar-refractivity contribution in [2.75, 3.05) is 31.1 Å². The lowest BCUT2D eigenvalue weighted by molar-refractivity contribution is -0.129. The second kappa shape index (κ2) is 5.61. The number of carbonyl (C=O) groups is 1. The van der Waals surface area contributed by atoms with Gasteiger partial charge in [0.1, 0.15) is 0 Å². The Morgan fingerprint density at radius 3 is 2.87 bits per heavy atom. The molecule has 0 bridgehead atoms. The fourth-order valence-electron chi connectivity index (χ4n) is 1.65. The van der Waals surface area contributed by atoms with E-state index in [0.29, 0.717) is 18.1 Å².